The lowest BCUT2D eigenvalue weighted by atomic mass is 10.1. The van der Waals surface area contributed by atoms with Crippen LogP contribution in [0.25, 0.3) is 10.9 Å². The number of nitrogens with one attached hydrogen (secondary N) is 2. The van der Waals surface area contributed by atoms with Crippen LogP contribution in [0.5, 0.6) is 5.75 Å². The molecule has 0 spiro atoms. The van der Waals surface area contributed by atoms with Crippen molar-refractivity contribution in [3.05, 3.63) is 60.3 Å². The fourth-order valence-electron chi connectivity index (χ4n) is 3.48. The fraction of sp³-hybridized carbons (Fsp3) is 0.250. The molecule has 1 aromatic heterocycles. The summed E-state index contributed by atoms with van der Waals surface area (Å²) in [5.41, 5.74) is 1.11. The van der Waals surface area contributed by atoms with E-state index in [1.807, 2.05) is 54.6 Å². The minimum absolute atomic E-state index is 0.206. The molecule has 0 aliphatic carbocycles. The van der Waals surface area contributed by atoms with Crippen LogP contribution in [0.1, 0.15) is 16.9 Å². The summed E-state index contributed by atoms with van der Waals surface area (Å²) in [4.78, 5) is 27.1. The van der Waals surface area contributed by atoms with Gasteiger partial charge in [0.2, 0.25) is 5.91 Å². The number of likely N-dealkylation sites (N-methyl/N-ethyl adjacent to an activating group) is 1. The molecule has 138 valence electrons. The van der Waals surface area contributed by atoms with Gasteiger partial charge in [-0.3, -0.25) is 14.7 Å². The Labute approximate surface area is 156 Å². The highest BCUT2D eigenvalue weighted by molar-refractivity contribution is 6.06. The maximum Gasteiger partial charge on any atom is 0.275 e. The summed E-state index contributed by atoms with van der Waals surface area (Å²) in [5, 5.41) is 10.4. The summed E-state index contributed by atoms with van der Waals surface area (Å²) in [6.45, 7) is 0.326. The molecule has 1 saturated heterocycles. The molecule has 27 heavy (non-hydrogen) atoms. The Morgan fingerprint density at radius 1 is 1.15 bits per heavy atom. The summed E-state index contributed by atoms with van der Waals surface area (Å²) in [7, 11) is 1.57. The van der Waals surface area contributed by atoms with E-state index in [1.54, 1.807) is 11.9 Å². The highest BCUT2D eigenvalue weighted by Crippen LogP contribution is 2.26. The lowest BCUT2D eigenvalue weighted by Gasteiger charge is -2.22. The topological polar surface area (TPSA) is 87.3 Å². The van der Waals surface area contributed by atoms with Gasteiger partial charge in [0.1, 0.15) is 17.9 Å². The van der Waals surface area contributed by atoms with Crippen molar-refractivity contribution in [2.45, 2.75) is 18.6 Å². The van der Waals surface area contributed by atoms with Crippen LogP contribution < -0.4 is 10.1 Å². The van der Waals surface area contributed by atoms with E-state index in [-0.39, 0.29) is 17.9 Å². The molecule has 0 saturated carbocycles. The average molecular weight is 364 g/mol. The predicted molar refractivity (Wildman–Crippen MR) is 100 cm³/mol. The molecule has 1 fully saturated rings. The summed E-state index contributed by atoms with van der Waals surface area (Å²) < 4.78 is 5.98. The van der Waals surface area contributed by atoms with Gasteiger partial charge in [0.15, 0.2) is 5.69 Å². The number of hydrogen-bond acceptors (Lipinski definition) is 4. The van der Waals surface area contributed by atoms with Crippen molar-refractivity contribution < 1.29 is 14.3 Å². The van der Waals surface area contributed by atoms with E-state index in [1.165, 1.54) is 0 Å². The average Bonchev–Trinajstić information content (AvgIpc) is 3.32. The van der Waals surface area contributed by atoms with Gasteiger partial charge < -0.3 is 15.0 Å². The second-order valence-electron chi connectivity index (χ2n) is 6.49. The van der Waals surface area contributed by atoms with Gasteiger partial charge in [-0.25, -0.2) is 0 Å². The van der Waals surface area contributed by atoms with Crippen LogP contribution in [-0.4, -0.2) is 52.6 Å². The van der Waals surface area contributed by atoms with E-state index < -0.39 is 6.04 Å². The van der Waals surface area contributed by atoms with Crippen molar-refractivity contribution in [2.24, 2.45) is 0 Å². The standard InChI is InChI=1S/C20H20N4O3/c1-21-19(25)17-11-14(27-13-7-3-2-4-8-13)12-24(17)20(26)18-15-9-5-6-10-16(15)22-23-18/h2-10,14,17H,11-12H2,1H3,(H,21,25)(H,22,23)/t14-,17-/m0/s1. The van der Waals surface area contributed by atoms with Crippen LogP contribution in [0.3, 0.4) is 0 Å². The number of aromatic nitrogens is 2. The molecule has 7 heteroatoms. The number of likely N-dealkylation sites (tertiary alicyclic amines) is 1. The number of para-hydroxylation sites is 2. The molecule has 2 aromatic carbocycles. The first-order valence-corrected chi connectivity index (χ1v) is 8.84. The second-order valence-corrected chi connectivity index (χ2v) is 6.49. The highest BCUT2D eigenvalue weighted by Gasteiger charge is 2.41. The predicted octanol–water partition coefficient (Wildman–Crippen LogP) is 1.97. The van der Waals surface area contributed by atoms with Gasteiger partial charge in [-0.1, -0.05) is 36.4 Å². The third-order valence-corrected chi connectivity index (χ3v) is 4.79. The molecule has 1 aliphatic rings. The van der Waals surface area contributed by atoms with Crippen LogP contribution in [0.15, 0.2) is 54.6 Å². The van der Waals surface area contributed by atoms with Gasteiger partial charge in [-0.15, -0.1) is 0 Å². The number of carbonyl (C=O) groups excluding carboxylic acids is 2. The monoisotopic (exact) mass is 364 g/mol. The third kappa shape index (κ3) is 3.23. The molecule has 2 atom stereocenters. The number of carbonyl (C=O) groups is 2. The van der Waals surface area contributed by atoms with Crippen LogP contribution in [0.2, 0.25) is 0 Å². The number of amides is 2. The minimum Gasteiger partial charge on any atom is -0.488 e. The molecule has 2 heterocycles. The zero-order chi connectivity index (χ0) is 18.8. The number of aromatic amines is 1. The Kier molecular flexibility index (Phi) is 4.50. The second kappa shape index (κ2) is 7.11. The van der Waals surface area contributed by atoms with E-state index >= 15 is 0 Å². The lowest BCUT2D eigenvalue weighted by molar-refractivity contribution is -0.124. The first kappa shape index (κ1) is 17.1. The Morgan fingerprint density at radius 3 is 2.67 bits per heavy atom. The van der Waals surface area contributed by atoms with Crippen molar-refractivity contribution >= 4 is 22.7 Å². The molecule has 0 radical (unpaired) electrons. The molecular weight excluding hydrogens is 344 g/mol. The summed E-state index contributed by atoms with van der Waals surface area (Å²) >= 11 is 0. The number of fused-ring (bicyclic) bond motifs is 1. The Morgan fingerprint density at radius 2 is 1.89 bits per heavy atom. The molecule has 4 rings (SSSR count). The summed E-state index contributed by atoms with van der Waals surface area (Å²) in [6, 6.07) is 16.3. The molecule has 0 bridgehead atoms. The third-order valence-electron chi connectivity index (χ3n) is 4.79. The maximum atomic E-state index is 13.2. The van der Waals surface area contributed by atoms with E-state index in [9.17, 15) is 9.59 Å². The zero-order valence-electron chi connectivity index (χ0n) is 14.9. The number of hydrogen-bond donors (Lipinski definition) is 2. The van der Waals surface area contributed by atoms with Crippen LogP contribution in [0.4, 0.5) is 0 Å². The lowest BCUT2D eigenvalue weighted by Crippen LogP contribution is -2.45. The molecule has 2 N–H and O–H groups in total. The van der Waals surface area contributed by atoms with Gasteiger partial charge in [0.25, 0.3) is 5.91 Å². The first-order chi connectivity index (χ1) is 13.2. The molecule has 3 aromatic rings. The highest BCUT2D eigenvalue weighted by atomic mass is 16.5. The molecule has 1 aliphatic heterocycles. The van der Waals surface area contributed by atoms with Crippen LogP contribution in [0, 0.1) is 0 Å². The first-order valence-electron chi connectivity index (χ1n) is 8.84. The smallest absolute Gasteiger partial charge is 0.275 e. The Bertz CT molecular complexity index is 970. The number of rotatable bonds is 4. The minimum atomic E-state index is -0.591. The van der Waals surface area contributed by atoms with E-state index in [0.29, 0.717) is 18.7 Å². The van der Waals surface area contributed by atoms with E-state index in [2.05, 4.69) is 15.5 Å². The number of H-pyrrole nitrogens is 1. The van der Waals surface area contributed by atoms with Crippen molar-refractivity contribution in [1.29, 1.82) is 0 Å². The van der Waals surface area contributed by atoms with Crippen LogP contribution >= 0.6 is 0 Å². The number of ether oxygens (including phenoxy) is 1. The van der Waals surface area contributed by atoms with Gasteiger partial charge >= 0.3 is 0 Å². The zero-order valence-corrected chi connectivity index (χ0v) is 14.9. The normalized spacial score (nSPS) is 19.2. The van der Waals surface area contributed by atoms with E-state index in [4.69, 9.17) is 4.74 Å². The molecule has 7 nitrogen and oxygen atoms in total. The van der Waals surface area contributed by atoms with Gasteiger partial charge in [-0.2, -0.15) is 5.10 Å². The summed E-state index contributed by atoms with van der Waals surface area (Å²) in [6.07, 6.45) is 0.173. The maximum absolute atomic E-state index is 13.2. The largest absolute Gasteiger partial charge is 0.488 e. The van der Waals surface area contributed by atoms with Crippen molar-refractivity contribution in [3.63, 3.8) is 0 Å². The number of nitrogens with zero attached hydrogens (tertiary/aromatic N) is 2. The van der Waals surface area contributed by atoms with Crippen molar-refractivity contribution in [2.75, 3.05) is 13.6 Å². The summed E-state index contributed by atoms with van der Waals surface area (Å²) in [5.74, 6) is 0.236. The van der Waals surface area contributed by atoms with Crippen molar-refractivity contribution in [1.82, 2.24) is 20.4 Å². The number of benzene rings is 2. The van der Waals surface area contributed by atoms with Crippen molar-refractivity contribution in [3.8, 4) is 5.75 Å². The molecule has 0 unspecified atom stereocenters. The Hall–Kier alpha value is -3.35. The molecule has 2 amide bonds. The Balaban J connectivity index is 1.60. The molecular formula is C20H20N4O3. The SMILES string of the molecule is CNC(=O)[C@@H]1C[C@H](Oc2ccccc2)CN1C(=O)c1n[nH]c2ccccc12. The van der Waals surface area contributed by atoms with Gasteiger partial charge in [0.05, 0.1) is 12.1 Å². The fourth-order valence-corrected chi connectivity index (χ4v) is 3.48. The van der Waals surface area contributed by atoms with Gasteiger partial charge in [0, 0.05) is 18.9 Å². The quantitative estimate of drug-likeness (QED) is 0.741. The van der Waals surface area contributed by atoms with E-state index in [0.717, 1.165) is 16.7 Å². The van der Waals surface area contributed by atoms with Gasteiger partial charge in [-0.05, 0) is 18.2 Å². The van der Waals surface area contributed by atoms with Crippen LogP contribution in [-0.2, 0) is 4.79 Å².